The average molecular weight is 602 g/mol. The van der Waals surface area contributed by atoms with Crippen molar-refractivity contribution in [2.45, 2.75) is 132 Å². The van der Waals surface area contributed by atoms with E-state index in [1.165, 1.54) is 50.9 Å². The van der Waals surface area contributed by atoms with Crippen LogP contribution in [0.4, 0.5) is 0 Å². The van der Waals surface area contributed by atoms with E-state index >= 15 is 0 Å². The Bertz CT molecular complexity index is 1160. The van der Waals surface area contributed by atoms with E-state index < -0.39 is 0 Å². The number of rotatable bonds is 14. The van der Waals surface area contributed by atoms with Crippen LogP contribution in [0.3, 0.4) is 0 Å². The molecule has 1 heterocycles. The second-order valence-electron chi connectivity index (χ2n) is 11.4. The third-order valence-corrected chi connectivity index (χ3v) is 8.37. The van der Waals surface area contributed by atoms with Gasteiger partial charge >= 0.3 is 16.5 Å². The molecule has 0 atom stereocenters. The van der Waals surface area contributed by atoms with Gasteiger partial charge in [-0.05, 0) is 123 Å². The van der Waals surface area contributed by atoms with Gasteiger partial charge < -0.3 is 20.4 Å². The largest absolute Gasteiger partial charge is 2.00 e. The Morgan fingerprint density at radius 1 is 0.561 bits per heavy atom. The van der Waals surface area contributed by atoms with E-state index in [1.54, 1.807) is 10.3 Å². The molecule has 0 saturated heterocycles. The van der Waals surface area contributed by atoms with E-state index in [1.807, 2.05) is 0 Å². The molecule has 0 amide bonds. The fraction of sp³-hybridized carbons (Fsp3) is 0.526. The molecule has 1 aliphatic heterocycles. The van der Waals surface area contributed by atoms with Crippen LogP contribution in [-0.2, 0) is 35.8 Å². The van der Waals surface area contributed by atoms with Gasteiger partial charge in [0.2, 0.25) is 11.4 Å². The second kappa shape index (κ2) is 18.5. The Kier molecular flexibility index (Phi) is 17.6. The summed E-state index contributed by atoms with van der Waals surface area (Å²) in [6.07, 6.45) is 13.4. The molecule has 0 bridgehead atoms. The van der Waals surface area contributed by atoms with Crippen LogP contribution in [-0.4, -0.2) is 4.70 Å². The zero-order chi connectivity index (χ0) is 27.8. The summed E-state index contributed by atoms with van der Waals surface area (Å²) in [6, 6.07) is 9.40. The van der Waals surface area contributed by atoms with Gasteiger partial charge in [-0.3, -0.25) is 0 Å². The number of hydrogen-bond donors (Lipinski definition) is 0. The van der Waals surface area contributed by atoms with E-state index in [0.717, 1.165) is 87.6 Å². The molecule has 3 rings (SSSR count). The third-order valence-electron chi connectivity index (χ3n) is 8.37. The van der Waals surface area contributed by atoms with E-state index in [-0.39, 0.29) is 31.3 Å². The number of allylic oxidation sites excluding steroid dienone is 2. The number of aryl methyl sites for hydroxylation is 4. The van der Waals surface area contributed by atoms with Crippen LogP contribution in [0.1, 0.15) is 137 Å². The SMILES string of the molecule is CCCCC1=C(c2cc(C)c(C)c(C)c2)[N+](=[N-])C(c2cc(CCC)c(CCC)c(CCC)c2)=C1CCCC.[CH3-].[CH3-].[Ni+2]. The first-order valence-electron chi connectivity index (χ1n) is 15.5. The van der Waals surface area contributed by atoms with Gasteiger partial charge in [-0.1, -0.05) is 66.7 Å². The van der Waals surface area contributed by atoms with Crippen LogP contribution in [0.15, 0.2) is 35.4 Å². The van der Waals surface area contributed by atoms with Crippen LogP contribution in [0, 0.1) is 35.6 Å². The maximum atomic E-state index is 12.1. The summed E-state index contributed by atoms with van der Waals surface area (Å²) in [5, 5.41) is 0. The Balaban J connectivity index is 0.00000533. The van der Waals surface area contributed by atoms with Crippen molar-refractivity contribution in [3.63, 3.8) is 0 Å². The minimum atomic E-state index is 0. The average Bonchev–Trinajstić information content (AvgIpc) is 3.17. The van der Waals surface area contributed by atoms with Crippen LogP contribution in [0.2, 0.25) is 0 Å². The number of nitrogens with zero attached hydrogens (tertiary/aromatic N) is 2. The fourth-order valence-electron chi connectivity index (χ4n) is 6.15. The van der Waals surface area contributed by atoms with Crippen LogP contribution < -0.4 is 0 Å². The molecule has 0 radical (unpaired) electrons. The monoisotopic (exact) mass is 600 g/mol. The molecule has 0 unspecified atom stereocenters. The molecular formula is C38H58N2Ni. The molecule has 2 aromatic carbocycles. The summed E-state index contributed by atoms with van der Waals surface area (Å²) in [5.41, 5.74) is 27.6. The molecule has 0 spiro atoms. The van der Waals surface area contributed by atoms with Crippen molar-refractivity contribution >= 4 is 11.4 Å². The molecule has 230 valence electrons. The van der Waals surface area contributed by atoms with Gasteiger partial charge in [0.05, 0.1) is 0 Å². The van der Waals surface area contributed by atoms with Crippen molar-refractivity contribution in [2.24, 2.45) is 0 Å². The maximum Gasteiger partial charge on any atom is 2.00 e. The Labute approximate surface area is 264 Å². The summed E-state index contributed by atoms with van der Waals surface area (Å²) >= 11 is 0. The minimum Gasteiger partial charge on any atom is -0.493 e. The molecule has 41 heavy (non-hydrogen) atoms. The van der Waals surface area contributed by atoms with Crippen LogP contribution in [0.5, 0.6) is 0 Å². The molecule has 2 aromatic rings. The first kappa shape index (κ1) is 39.0. The van der Waals surface area contributed by atoms with E-state index in [4.69, 9.17) is 0 Å². The molecule has 0 fully saturated rings. The molecule has 0 N–H and O–H groups in total. The summed E-state index contributed by atoms with van der Waals surface area (Å²) in [4.78, 5) is 0. The molecule has 3 heteroatoms. The Morgan fingerprint density at radius 3 is 1.32 bits per heavy atom. The van der Waals surface area contributed by atoms with Gasteiger partial charge in [-0.2, -0.15) is 0 Å². The first-order valence-corrected chi connectivity index (χ1v) is 15.5. The summed E-state index contributed by atoms with van der Waals surface area (Å²) in [7, 11) is 0. The summed E-state index contributed by atoms with van der Waals surface area (Å²) in [6.45, 7) is 18.0. The van der Waals surface area contributed by atoms with E-state index in [2.05, 4.69) is 79.7 Å². The van der Waals surface area contributed by atoms with E-state index in [9.17, 15) is 5.53 Å². The zero-order valence-corrected chi connectivity index (χ0v) is 29.0. The number of benzene rings is 2. The van der Waals surface area contributed by atoms with Crippen LogP contribution in [0.25, 0.3) is 16.9 Å². The van der Waals surface area contributed by atoms with Crippen molar-refractivity contribution < 1.29 is 21.2 Å². The van der Waals surface area contributed by atoms with E-state index in [0.29, 0.717) is 0 Å². The van der Waals surface area contributed by atoms with Gasteiger partial charge in [-0.25, -0.2) is 4.70 Å². The van der Waals surface area contributed by atoms with Crippen molar-refractivity contribution in [1.82, 2.24) is 0 Å². The molecule has 0 saturated carbocycles. The molecule has 1 aliphatic rings. The van der Waals surface area contributed by atoms with Gasteiger partial charge in [0.25, 0.3) is 0 Å². The predicted molar refractivity (Wildman–Crippen MR) is 178 cm³/mol. The Hall–Kier alpha value is -1.99. The zero-order valence-electron chi connectivity index (χ0n) is 28.0. The minimum absolute atomic E-state index is 0. The Morgan fingerprint density at radius 2 is 0.951 bits per heavy atom. The topological polar surface area (TPSA) is 25.3 Å². The second-order valence-corrected chi connectivity index (χ2v) is 11.4. The standard InChI is InChI=1S/C36H52N2.2CH3.Ni/c1-9-14-19-33-34(20-15-10-2)36(38(37)35(33)30-21-25(6)27(8)26(7)22-30)31-23-28(16-11-3)32(18-13-5)29(24-31)17-12-4;;;/h21-24H,9-20H2,1-8H3;2*1H3;/q;2*-1;+2. The molecular weight excluding hydrogens is 543 g/mol. The quantitative estimate of drug-likeness (QED) is 0.117. The van der Waals surface area contributed by atoms with Crippen molar-refractivity contribution in [3.8, 4) is 0 Å². The summed E-state index contributed by atoms with van der Waals surface area (Å²) < 4.78 is 1.58. The smallest absolute Gasteiger partial charge is 0.493 e. The van der Waals surface area contributed by atoms with Crippen molar-refractivity contribution in [2.75, 3.05) is 0 Å². The molecule has 0 aliphatic carbocycles. The van der Waals surface area contributed by atoms with Crippen molar-refractivity contribution in [3.05, 3.63) is 100 Å². The third kappa shape index (κ3) is 8.76. The number of unbranched alkanes of at least 4 members (excludes halogenated alkanes) is 2. The molecule has 0 aromatic heterocycles. The predicted octanol–water partition coefficient (Wildman–Crippen LogP) is 11.9. The normalized spacial score (nSPS) is 12.8. The number of hydrogen-bond acceptors (Lipinski definition) is 0. The van der Waals surface area contributed by atoms with Gasteiger partial charge in [0.15, 0.2) is 0 Å². The maximum absolute atomic E-state index is 12.1. The van der Waals surface area contributed by atoms with Crippen LogP contribution >= 0.6 is 0 Å². The first-order chi connectivity index (χ1) is 18.3. The summed E-state index contributed by atoms with van der Waals surface area (Å²) in [5.74, 6) is 0. The van der Waals surface area contributed by atoms with Gasteiger partial charge in [0.1, 0.15) is 0 Å². The molecule has 2 nitrogen and oxygen atoms in total. The van der Waals surface area contributed by atoms with Gasteiger partial charge in [-0.15, -0.1) is 0 Å². The van der Waals surface area contributed by atoms with Crippen molar-refractivity contribution in [1.29, 1.82) is 0 Å². The van der Waals surface area contributed by atoms with Gasteiger partial charge in [0, 0.05) is 22.3 Å². The fourth-order valence-corrected chi connectivity index (χ4v) is 6.15.